The van der Waals surface area contributed by atoms with Gasteiger partial charge in [-0.15, -0.1) is 0 Å². The molecule has 37 heavy (non-hydrogen) atoms. The van der Waals surface area contributed by atoms with E-state index in [-0.39, 0.29) is 0 Å². The zero-order valence-corrected chi connectivity index (χ0v) is 26.7. The Balaban J connectivity index is 3.37. The van der Waals surface area contributed by atoms with Gasteiger partial charge in [0.25, 0.3) is 0 Å². The zero-order chi connectivity index (χ0) is 27.1. The lowest BCUT2D eigenvalue weighted by molar-refractivity contribution is 0.543. The van der Waals surface area contributed by atoms with Crippen LogP contribution in [0.25, 0.3) is 0 Å². The number of unbranched alkanes of at least 4 members (excludes halogenated alkanes) is 24. The molecule has 0 aromatic heterocycles. The highest BCUT2D eigenvalue weighted by molar-refractivity contribution is 4.98. The van der Waals surface area contributed by atoms with Crippen molar-refractivity contribution in [2.45, 2.75) is 214 Å². The molecule has 0 bridgehead atoms. The highest BCUT2D eigenvalue weighted by Gasteiger charge is 1.97. The van der Waals surface area contributed by atoms with Crippen molar-refractivity contribution in [2.75, 3.05) is 0 Å². The largest absolute Gasteiger partial charge is 0.0856 e. The van der Waals surface area contributed by atoms with Crippen molar-refractivity contribution < 1.29 is 0 Å². The fourth-order valence-electron chi connectivity index (χ4n) is 5.50. The van der Waals surface area contributed by atoms with E-state index in [9.17, 15) is 0 Å². The summed E-state index contributed by atoms with van der Waals surface area (Å²) in [6, 6.07) is 0. The Kier molecular flexibility index (Phi) is 31.3. The molecule has 0 aromatic carbocycles. The van der Waals surface area contributed by atoms with Crippen molar-refractivity contribution in [1.82, 2.24) is 0 Å². The smallest absolute Gasteiger partial charge is 0.0323 e. The minimum Gasteiger partial charge on any atom is -0.0856 e. The highest BCUT2D eigenvalue weighted by atomic mass is 14.0. The summed E-state index contributed by atoms with van der Waals surface area (Å²) in [5.41, 5.74) is 3.28. The molecular weight excluding hydrogens is 444 g/mol. The zero-order valence-electron chi connectivity index (χ0n) is 26.7. The molecule has 0 unspecified atom stereocenters. The third-order valence-electron chi connectivity index (χ3n) is 8.24. The average molecular weight is 517 g/mol. The van der Waals surface area contributed by atoms with E-state index in [1.54, 1.807) is 11.1 Å². The Bertz CT molecular complexity index is 482. The molecule has 0 aliphatic rings. The van der Waals surface area contributed by atoms with E-state index < -0.39 is 0 Å². The molecule has 0 heterocycles. The van der Waals surface area contributed by atoms with Gasteiger partial charge in [-0.2, -0.15) is 0 Å². The lowest BCUT2D eigenvalue weighted by atomic mass is 10.0. The van der Waals surface area contributed by atoms with Gasteiger partial charge in [-0.05, 0) is 65.2 Å². The molecule has 0 nitrogen and oxygen atoms in total. The van der Waals surface area contributed by atoms with Crippen LogP contribution in [0.1, 0.15) is 214 Å². The molecule has 0 aliphatic carbocycles. The first-order valence-electron chi connectivity index (χ1n) is 17.5. The van der Waals surface area contributed by atoms with Gasteiger partial charge in [0, 0.05) is 0 Å². The molecule has 0 atom stereocenters. The molecule has 0 amide bonds. The van der Waals surface area contributed by atoms with Gasteiger partial charge in [0.2, 0.25) is 0 Å². The second kappa shape index (κ2) is 31.7. The van der Waals surface area contributed by atoms with E-state index >= 15 is 0 Å². The molecule has 0 heteroatoms. The standard InChI is InChI=1S/C37H72/c1-5-7-9-11-13-15-16-17-18-21-25-29-33-37(4)35-31-27-23-19-22-26-30-34-36(3)32-28-24-20-14-12-10-8-6-2/h34-35H,5-33H2,1-4H3. The Morgan fingerprint density at radius 1 is 0.324 bits per heavy atom. The van der Waals surface area contributed by atoms with Gasteiger partial charge in [0.05, 0.1) is 0 Å². The summed E-state index contributed by atoms with van der Waals surface area (Å²) in [5, 5.41) is 0. The first-order chi connectivity index (χ1) is 18.2. The Morgan fingerprint density at radius 2 is 0.568 bits per heavy atom. The highest BCUT2D eigenvalue weighted by Crippen LogP contribution is 2.17. The molecule has 0 radical (unpaired) electrons. The maximum Gasteiger partial charge on any atom is -0.0323 e. The monoisotopic (exact) mass is 517 g/mol. The van der Waals surface area contributed by atoms with Crippen LogP contribution in [0.4, 0.5) is 0 Å². The van der Waals surface area contributed by atoms with Crippen LogP contribution < -0.4 is 0 Å². The number of rotatable bonds is 30. The first kappa shape index (κ1) is 36.5. The third-order valence-corrected chi connectivity index (χ3v) is 8.24. The summed E-state index contributed by atoms with van der Waals surface area (Å²) in [7, 11) is 0. The number of hydrogen-bond donors (Lipinski definition) is 0. The van der Waals surface area contributed by atoms with Crippen LogP contribution in [0, 0.1) is 0 Å². The summed E-state index contributed by atoms with van der Waals surface area (Å²) in [6.45, 7) is 9.32. The minimum absolute atomic E-state index is 1.31. The normalized spacial score (nSPS) is 12.5. The quantitative estimate of drug-likeness (QED) is 0.0657. The van der Waals surface area contributed by atoms with Crippen molar-refractivity contribution in [3.05, 3.63) is 23.3 Å². The summed E-state index contributed by atoms with van der Waals surface area (Å²) < 4.78 is 0. The van der Waals surface area contributed by atoms with Gasteiger partial charge >= 0.3 is 0 Å². The van der Waals surface area contributed by atoms with Crippen molar-refractivity contribution >= 4 is 0 Å². The van der Waals surface area contributed by atoms with E-state index in [1.807, 2.05) is 0 Å². The van der Waals surface area contributed by atoms with E-state index in [2.05, 4.69) is 39.8 Å². The lowest BCUT2D eigenvalue weighted by Gasteiger charge is -2.04. The average Bonchev–Trinajstić information content (AvgIpc) is 2.89. The van der Waals surface area contributed by atoms with Crippen molar-refractivity contribution in [2.24, 2.45) is 0 Å². The summed E-state index contributed by atoms with van der Waals surface area (Å²) in [4.78, 5) is 0. The molecule has 0 aliphatic heterocycles. The second-order valence-electron chi connectivity index (χ2n) is 12.3. The molecule has 0 fully saturated rings. The molecule has 0 N–H and O–H groups in total. The fraction of sp³-hybridized carbons (Fsp3) is 0.892. The predicted octanol–water partition coefficient (Wildman–Crippen LogP) is 14.2. The van der Waals surface area contributed by atoms with Gasteiger partial charge in [-0.1, -0.05) is 172 Å². The second-order valence-corrected chi connectivity index (χ2v) is 12.3. The van der Waals surface area contributed by atoms with Gasteiger partial charge < -0.3 is 0 Å². The fourth-order valence-corrected chi connectivity index (χ4v) is 5.50. The lowest BCUT2D eigenvalue weighted by Crippen LogP contribution is -1.84. The Hall–Kier alpha value is -0.520. The van der Waals surface area contributed by atoms with E-state index in [0.29, 0.717) is 0 Å². The van der Waals surface area contributed by atoms with Crippen LogP contribution in [0.3, 0.4) is 0 Å². The van der Waals surface area contributed by atoms with Gasteiger partial charge in [-0.3, -0.25) is 0 Å². The maximum atomic E-state index is 2.54. The molecule has 0 aromatic rings. The first-order valence-corrected chi connectivity index (χ1v) is 17.5. The van der Waals surface area contributed by atoms with Crippen LogP contribution >= 0.6 is 0 Å². The molecular formula is C37H72. The van der Waals surface area contributed by atoms with Crippen LogP contribution in [-0.2, 0) is 0 Å². The van der Waals surface area contributed by atoms with Crippen molar-refractivity contribution in [1.29, 1.82) is 0 Å². The molecule has 0 saturated carbocycles. The van der Waals surface area contributed by atoms with Gasteiger partial charge in [0.15, 0.2) is 0 Å². The van der Waals surface area contributed by atoms with Gasteiger partial charge in [-0.25, -0.2) is 0 Å². The molecule has 0 spiro atoms. The van der Waals surface area contributed by atoms with Crippen LogP contribution in [-0.4, -0.2) is 0 Å². The number of allylic oxidation sites excluding steroid dienone is 4. The van der Waals surface area contributed by atoms with E-state index in [4.69, 9.17) is 0 Å². The minimum atomic E-state index is 1.31. The van der Waals surface area contributed by atoms with E-state index in [0.717, 1.165) is 0 Å². The van der Waals surface area contributed by atoms with Crippen LogP contribution in [0.2, 0.25) is 0 Å². The van der Waals surface area contributed by atoms with E-state index in [1.165, 1.54) is 186 Å². The number of hydrogen-bond acceptors (Lipinski definition) is 0. The summed E-state index contributed by atoms with van der Waals surface area (Å²) in [5.74, 6) is 0. The third kappa shape index (κ3) is 31.6. The Morgan fingerprint density at radius 3 is 0.865 bits per heavy atom. The SMILES string of the molecule is CCCCCCCCCCCCCCC(C)=CCCCCCCCC=C(C)CCCCCCCCCC. The molecule has 0 saturated heterocycles. The van der Waals surface area contributed by atoms with Crippen LogP contribution in [0.15, 0.2) is 23.3 Å². The molecule has 0 rings (SSSR count). The topological polar surface area (TPSA) is 0 Å². The van der Waals surface area contributed by atoms with Crippen LogP contribution in [0.5, 0.6) is 0 Å². The summed E-state index contributed by atoms with van der Waals surface area (Å²) >= 11 is 0. The Labute approximate surface area is 236 Å². The predicted molar refractivity (Wildman–Crippen MR) is 173 cm³/mol. The summed E-state index contributed by atoms with van der Waals surface area (Å²) in [6.07, 6.45) is 46.2. The maximum absolute atomic E-state index is 2.54. The van der Waals surface area contributed by atoms with Crippen molar-refractivity contribution in [3.8, 4) is 0 Å². The van der Waals surface area contributed by atoms with Crippen molar-refractivity contribution in [3.63, 3.8) is 0 Å². The van der Waals surface area contributed by atoms with Gasteiger partial charge in [0.1, 0.15) is 0 Å². The molecule has 220 valence electrons.